The van der Waals surface area contributed by atoms with Gasteiger partial charge in [-0.2, -0.15) is 0 Å². The molecule has 1 N–H and O–H groups in total. The number of benzene rings is 1. The maximum absolute atomic E-state index is 12.7. The highest BCUT2D eigenvalue weighted by atomic mass is 16.5. The minimum absolute atomic E-state index is 0.0869. The van der Waals surface area contributed by atoms with Gasteiger partial charge in [-0.1, -0.05) is 0 Å². The number of nitrogens with zero attached hydrogens (tertiary/aromatic N) is 2. The van der Waals surface area contributed by atoms with Gasteiger partial charge in [0.1, 0.15) is 0 Å². The monoisotopic (exact) mass is 331 g/mol. The van der Waals surface area contributed by atoms with Gasteiger partial charge in [-0.25, -0.2) is 4.79 Å². The van der Waals surface area contributed by atoms with E-state index in [1.54, 1.807) is 25.2 Å². The Morgan fingerprint density at radius 1 is 1.38 bits per heavy atom. The van der Waals surface area contributed by atoms with E-state index in [0.29, 0.717) is 22.6 Å². The molecule has 4 rings (SSSR count). The quantitative estimate of drug-likeness (QED) is 0.890. The van der Waals surface area contributed by atoms with Gasteiger partial charge in [-0.05, 0) is 38.7 Å². The number of likely N-dealkylation sites (N-methyl/N-ethyl adjacent to an activating group) is 1. The van der Waals surface area contributed by atoms with Crippen LogP contribution in [0.5, 0.6) is 0 Å². The fourth-order valence-corrected chi connectivity index (χ4v) is 3.99. The zero-order valence-electron chi connectivity index (χ0n) is 14.0. The van der Waals surface area contributed by atoms with Crippen LogP contribution in [-0.4, -0.2) is 54.3 Å². The van der Waals surface area contributed by atoms with Crippen LogP contribution in [0.4, 0.5) is 0 Å². The van der Waals surface area contributed by atoms with Crippen molar-refractivity contribution in [3.8, 4) is 0 Å². The minimum Gasteiger partial charge on any atom is -0.408 e. The first-order valence-electron chi connectivity index (χ1n) is 8.16. The van der Waals surface area contributed by atoms with Crippen molar-refractivity contribution < 1.29 is 13.9 Å². The number of nitrogens with one attached hydrogen (secondary N) is 1. The summed E-state index contributed by atoms with van der Waals surface area (Å²) in [7, 11) is 5.65. The number of oxazole rings is 1. The lowest BCUT2D eigenvalue weighted by molar-refractivity contribution is -0.0664. The number of aromatic nitrogens is 1. The molecule has 2 aromatic rings. The highest BCUT2D eigenvalue weighted by molar-refractivity contribution is 5.97. The fourth-order valence-electron chi connectivity index (χ4n) is 3.99. The molecule has 1 aliphatic carbocycles. The normalized spacial score (nSPS) is 28.8. The van der Waals surface area contributed by atoms with Gasteiger partial charge in [0.25, 0.3) is 5.91 Å². The Hall–Kier alpha value is -2.12. The number of hydrogen-bond acceptors (Lipinski definition) is 5. The smallest absolute Gasteiger partial charge is 0.408 e. The Balaban J connectivity index is 1.58. The molecule has 1 amide bonds. The van der Waals surface area contributed by atoms with Crippen molar-refractivity contribution in [2.24, 2.45) is 13.0 Å². The number of rotatable bonds is 3. The van der Waals surface area contributed by atoms with Crippen LogP contribution in [-0.2, 0) is 11.8 Å². The van der Waals surface area contributed by atoms with E-state index < -0.39 is 5.76 Å². The van der Waals surface area contributed by atoms with Crippen molar-refractivity contribution >= 4 is 17.0 Å². The van der Waals surface area contributed by atoms with Gasteiger partial charge in [-0.15, -0.1) is 0 Å². The highest BCUT2D eigenvalue weighted by Crippen LogP contribution is 2.41. The molecule has 0 radical (unpaired) electrons. The largest absolute Gasteiger partial charge is 0.419 e. The van der Waals surface area contributed by atoms with Crippen molar-refractivity contribution in [2.45, 2.75) is 24.6 Å². The number of hydrogen-bond donors (Lipinski definition) is 1. The van der Waals surface area contributed by atoms with Crippen LogP contribution < -0.4 is 11.1 Å². The van der Waals surface area contributed by atoms with Gasteiger partial charge >= 0.3 is 5.76 Å². The van der Waals surface area contributed by atoms with E-state index in [0.717, 1.165) is 13.0 Å². The molecule has 1 saturated heterocycles. The van der Waals surface area contributed by atoms with E-state index in [-0.39, 0.29) is 24.1 Å². The van der Waals surface area contributed by atoms with Gasteiger partial charge in [-0.3, -0.25) is 9.36 Å². The molecule has 2 aliphatic rings. The van der Waals surface area contributed by atoms with Crippen LogP contribution >= 0.6 is 0 Å². The van der Waals surface area contributed by atoms with Gasteiger partial charge in [0.05, 0.1) is 23.7 Å². The van der Waals surface area contributed by atoms with E-state index in [4.69, 9.17) is 9.15 Å². The van der Waals surface area contributed by atoms with E-state index >= 15 is 0 Å². The summed E-state index contributed by atoms with van der Waals surface area (Å²) in [4.78, 5) is 26.4. The lowest BCUT2D eigenvalue weighted by atomic mass is 9.71. The highest BCUT2D eigenvalue weighted by Gasteiger charge is 2.55. The Morgan fingerprint density at radius 3 is 2.92 bits per heavy atom. The number of aryl methyl sites for hydroxylation is 1. The molecular formula is C17H21N3O4. The number of amides is 1. The molecule has 1 aromatic heterocycles. The molecular weight excluding hydrogens is 310 g/mol. The molecule has 7 nitrogen and oxygen atoms in total. The second-order valence-electron chi connectivity index (χ2n) is 6.85. The Kier molecular flexibility index (Phi) is 3.51. The first-order chi connectivity index (χ1) is 11.5. The summed E-state index contributed by atoms with van der Waals surface area (Å²) in [5.41, 5.74) is 1.63. The van der Waals surface area contributed by atoms with Gasteiger partial charge < -0.3 is 19.4 Å². The van der Waals surface area contributed by atoms with E-state index in [9.17, 15) is 9.59 Å². The second-order valence-corrected chi connectivity index (χ2v) is 6.85. The molecule has 2 heterocycles. The third-order valence-electron chi connectivity index (χ3n) is 5.30. The SMILES string of the molecule is CN(C)[C@@H]1[C@@H](NC(=O)c2ccc3oc(=O)n(C)c3c2)[C@H]2CCO[C@H]21. The Morgan fingerprint density at radius 2 is 2.17 bits per heavy atom. The second kappa shape index (κ2) is 5.46. The summed E-state index contributed by atoms with van der Waals surface area (Å²) in [5, 5.41) is 3.15. The third-order valence-corrected chi connectivity index (χ3v) is 5.30. The standard InChI is InChI=1S/C17H21N3O4/c1-19(2)14-13(10-6-7-23-15(10)14)18-16(21)9-4-5-12-11(8-9)20(3)17(22)24-12/h4-5,8,10,13-15H,6-7H2,1-3H3,(H,18,21)/t10-,13+,14-,15-/m1/s1. The first kappa shape index (κ1) is 15.4. The van der Waals surface area contributed by atoms with Crippen molar-refractivity contribution in [2.75, 3.05) is 20.7 Å². The number of fused-ring (bicyclic) bond motifs is 2. The number of carbonyl (C=O) groups is 1. The van der Waals surface area contributed by atoms with E-state index in [1.807, 2.05) is 14.1 Å². The molecule has 1 aliphatic heterocycles. The van der Waals surface area contributed by atoms with Crippen molar-refractivity contribution in [1.82, 2.24) is 14.8 Å². The van der Waals surface area contributed by atoms with Crippen molar-refractivity contribution in [3.05, 3.63) is 34.3 Å². The summed E-state index contributed by atoms with van der Waals surface area (Å²) in [5.74, 6) is -0.184. The molecule has 24 heavy (non-hydrogen) atoms. The fraction of sp³-hybridized carbons (Fsp3) is 0.529. The minimum atomic E-state index is -0.430. The summed E-state index contributed by atoms with van der Waals surface area (Å²) < 4.78 is 12.3. The molecule has 4 atom stereocenters. The third kappa shape index (κ3) is 2.19. The van der Waals surface area contributed by atoms with E-state index in [2.05, 4.69) is 10.2 Å². The van der Waals surface area contributed by atoms with Crippen LogP contribution in [0.3, 0.4) is 0 Å². The summed E-state index contributed by atoms with van der Waals surface area (Å²) in [6.07, 6.45) is 1.19. The van der Waals surface area contributed by atoms with Gasteiger partial charge in [0.15, 0.2) is 5.58 Å². The maximum Gasteiger partial charge on any atom is 0.419 e. The zero-order valence-corrected chi connectivity index (χ0v) is 14.0. The topological polar surface area (TPSA) is 76.7 Å². The first-order valence-corrected chi connectivity index (χ1v) is 8.16. The van der Waals surface area contributed by atoms with Crippen LogP contribution in [0.1, 0.15) is 16.8 Å². The van der Waals surface area contributed by atoms with Crippen molar-refractivity contribution in [1.29, 1.82) is 0 Å². The average Bonchev–Trinajstić information content (AvgIpc) is 3.06. The zero-order chi connectivity index (χ0) is 17.0. The Labute approximate surface area is 139 Å². The molecule has 0 spiro atoms. The van der Waals surface area contributed by atoms with Gasteiger partial charge in [0.2, 0.25) is 0 Å². The lowest BCUT2D eigenvalue weighted by Gasteiger charge is -2.50. The molecule has 2 fully saturated rings. The van der Waals surface area contributed by atoms with Crippen molar-refractivity contribution in [3.63, 3.8) is 0 Å². The van der Waals surface area contributed by atoms with Crippen LogP contribution in [0.2, 0.25) is 0 Å². The maximum atomic E-state index is 12.7. The van der Waals surface area contributed by atoms with Crippen LogP contribution in [0, 0.1) is 5.92 Å². The summed E-state index contributed by atoms with van der Waals surface area (Å²) >= 11 is 0. The van der Waals surface area contributed by atoms with Crippen LogP contribution in [0.15, 0.2) is 27.4 Å². The molecule has 1 aromatic carbocycles. The van der Waals surface area contributed by atoms with E-state index in [1.165, 1.54) is 4.57 Å². The van der Waals surface area contributed by atoms with Crippen LogP contribution in [0.25, 0.3) is 11.1 Å². The summed E-state index contributed by atoms with van der Waals surface area (Å²) in [6.45, 7) is 0.759. The predicted octanol–water partition coefficient (Wildman–Crippen LogP) is 0.579. The molecule has 1 saturated carbocycles. The molecule has 0 bridgehead atoms. The van der Waals surface area contributed by atoms with Gasteiger partial charge in [0, 0.05) is 25.1 Å². The average molecular weight is 331 g/mol. The lowest BCUT2D eigenvalue weighted by Crippen LogP contribution is -2.69. The Bertz CT molecular complexity index is 853. The summed E-state index contributed by atoms with van der Waals surface area (Å²) in [6, 6.07) is 5.33. The predicted molar refractivity (Wildman–Crippen MR) is 88.0 cm³/mol. The number of ether oxygens (including phenoxy) is 1. The number of carbonyl (C=O) groups excluding carboxylic acids is 1. The molecule has 128 valence electrons. The molecule has 0 unspecified atom stereocenters. The molecule has 7 heteroatoms.